The normalized spacial score (nSPS) is 22.2. The van der Waals surface area contributed by atoms with Crippen LogP contribution in [0.5, 0.6) is 5.75 Å². The van der Waals surface area contributed by atoms with Crippen LogP contribution in [0.25, 0.3) is 10.8 Å². The molecule has 24 heavy (non-hydrogen) atoms. The Bertz CT molecular complexity index is 756. The second-order valence-electron chi connectivity index (χ2n) is 6.56. The SMILES string of the molecule is O=Cc1c(O)ccc2cc(N3CCC(N4CCOCC4)C3)ccc12. The van der Waals surface area contributed by atoms with Gasteiger partial charge in [-0.3, -0.25) is 9.69 Å². The van der Waals surface area contributed by atoms with Crippen LogP contribution in [-0.4, -0.2) is 61.7 Å². The van der Waals surface area contributed by atoms with Crippen molar-refractivity contribution in [3.63, 3.8) is 0 Å². The monoisotopic (exact) mass is 326 g/mol. The van der Waals surface area contributed by atoms with Gasteiger partial charge in [-0.1, -0.05) is 12.1 Å². The number of hydrogen-bond acceptors (Lipinski definition) is 5. The van der Waals surface area contributed by atoms with Gasteiger partial charge >= 0.3 is 0 Å². The van der Waals surface area contributed by atoms with Gasteiger partial charge in [0.1, 0.15) is 5.75 Å². The van der Waals surface area contributed by atoms with Gasteiger partial charge < -0.3 is 14.7 Å². The molecule has 0 radical (unpaired) electrons. The molecule has 2 aromatic carbocycles. The van der Waals surface area contributed by atoms with Crippen molar-refractivity contribution in [1.29, 1.82) is 0 Å². The van der Waals surface area contributed by atoms with Crippen molar-refractivity contribution in [2.45, 2.75) is 12.5 Å². The fourth-order valence-electron chi connectivity index (χ4n) is 3.87. The van der Waals surface area contributed by atoms with E-state index in [-0.39, 0.29) is 5.75 Å². The lowest BCUT2D eigenvalue weighted by molar-refractivity contribution is 0.0209. The lowest BCUT2D eigenvalue weighted by atomic mass is 10.0. The first-order chi connectivity index (χ1) is 11.8. The summed E-state index contributed by atoms with van der Waals surface area (Å²) in [7, 11) is 0. The van der Waals surface area contributed by atoms with E-state index in [2.05, 4.69) is 21.9 Å². The number of aromatic hydroxyl groups is 1. The lowest BCUT2D eigenvalue weighted by Crippen LogP contribution is -2.44. The van der Waals surface area contributed by atoms with E-state index < -0.39 is 0 Å². The van der Waals surface area contributed by atoms with Gasteiger partial charge in [-0.15, -0.1) is 0 Å². The third-order valence-electron chi connectivity index (χ3n) is 5.23. The number of carbonyl (C=O) groups excluding carboxylic acids is 1. The van der Waals surface area contributed by atoms with E-state index in [9.17, 15) is 9.90 Å². The molecule has 5 heteroatoms. The zero-order valence-electron chi connectivity index (χ0n) is 13.6. The number of phenolic OH excluding ortho intramolecular Hbond substituents is 1. The van der Waals surface area contributed by atoms with Crippen LogP contribution < -0.4 is 4.90 Å². The van der Waals surface area contributed by atoms with E-state index in [1.54, 1.807) is 6.07 Å². The maximum Gasteiger partial charge on any atom is 0.154 e. The van der Waals surface area contributed by atoms with Crippen LogP contribution in [0.1, 0.15) is 16.8 Å². The van der Waals surface area contributed by atoms with E-state index in [4.69, 9.17) is 4.74 Å². The molecule has 0 saturated carbocycles. The predicted octanol–water partition coefficient (Wildman–Crippen LogP) is 2.27. The number of phenols is 1. The molecule has 2 aliphatic heterocycles. The van der Waals surface area contributed by atoms with Crippen LogP contribution >= 0.6 is 0 Å². The number of aldehydes is 1. The molecule has 0 aromatic heterocycles. The number of fused-ring (bicyclic) bond motifs is 1. The van der Waals surface area contributed by atoms with Gasteiger partial charge in [0.2, 0.25) is 0 Å². The summed E-state index contributed by atoms with van der Waals surface area (Å²) in [5, 5.41) is 11.6. The number of anilines is 1. The molecule has 2 heterocycles. The Morgan fingerprint density at radius 2 is 1.96 bits per heavy atom. The van der Waals surface area contributed by atoms with Gasteiger partial charge in [-0.25, -0.2) is 0 Å². The van der Waals surface area contributed by atoms with Crippen LogP contribution in [0.2, 0.25) is 0 Å². The van der Waals surface area contributed by atoms with Gasteiger partial charge in [0.15, 0.2) is 6.29 Å². The minimum atomic E-state index is 0.0406. The standard InChI is InChI=1S/C19H22N2O3/c22-13-18-17-3-2-15(11-14(17)1-4-19(18)23)21-6-5-16(12-21)20-7-9-24-10-8-20/h1-4,11,13,16,23H,5-10,12H2. The Morgan fingerprint density at radius 3 is 2.75 bits per heavy atom. The highest BCUT2D eigenvalue weighted by atomic mass is 16.5. The second-order valence-corrected chi connectivity index (χ2v) is 6.56. The van der Waals surface area contributed by atoms with Crippen LogP contribution in [0.15, 0.2) is 30.3 Å². The molecule has 1 unspecified atom stereocenters. The summed E-state index contributed by atoms with van der Waals surface area (Å²) in [6, 6.07) is 10.2. The largest absolute Gasteiger partial charge is 0.507 e. The second kappa shape index (κ2) is 6.42. The van der Waals surface area contributed by atoms with Crippen molar-refractivity contribution in [2.24, 2.45) is 0 Å². The number of ether oxygens (including phenoxy) is 1. The van der Waals surface area contributed by atoms with Crippen molar-refractivity contribution < 1.29 is 14.6 Å². The number of nitrogens with zero attached hydrogens (tertiary/aromatic N) is 2. The Morgan fingerprint density at radius 1 is 1.12 bits per heavy atom. The summed E-state index contributed by atoms with van der Waals surface area (Å²) < 4.78 is 5.45. The highest BCUT2D eigenvalue weighted by molar-refractivity contribution is 6.01. The highest BCUT2D eigenvalue weighted by Gasteiger charge is 2.28. The molecule has 0 bridgehead atoms. The third kappa shape index (κ3) is 2.74. The summed E-state index contributed by atoms with van der Waals surface area (Å²) in [4.78, 5) is 16.2. The molecule has 126 valence electrons. The molecule has 0 aliphatic carbocycles. The smallest absolute Gasteiger partial charge is 0.154 e. The summed E-state index contributed by atoms with van der Waals surface area (Å²) >= 11 is 0. The zero-order valence-corrected chi connectivity index (χ0v) is 13.6. The van der Waals surface area contributed by atoms with Crippen molar-refractivity contribution in [3.8, 4) is 5.75 Å². The first-order valence-corrected chi connectivity index (χ1v) is 8.54. The molecule has 1 atom stereocenters. The lowest BCUT2D eigenvalue weighted by Gasteiger charge is -2.32. The average Bonchev–Trinajstić information content (AvgIpc) is 3.12. The van der Waals surface area contributed by atoms with E-state index in [1.165, 1.54) is 12.1 Å². The van der Waals surface area contributed by atoms with Crippen molar-refractivity contribution >= 4 is 22.7 Å². The molecule has 2 aliphatic rings. The fraction of sp³-hybridized carbons (Fsp3) is 0.421. The van der Waals surface area contributed by atoms with Gasteiger partial charge in [-0.2, -0.15) is 0 Å². The van der Waals surface area contributed by atoms with E-state index >= 15 is 0 Å². The van der Waals surface area contributed by atoms with E-state index in [1.807, 2.05) is 12.1 Å². The van der Waals surface area contributed by atoms with Crippen LogP contribution in [0.3, 0.4) is 0 Å². The Hall–Kier alpha value is -2.11. The van der Waals surface area contributed by atoms with Crippen LogP contribution in [-0.2, 0) is 4.74 Å². The van der Waals surface area contributed by atoms with Crippen LogP contribution in [0, 0.1) is 0 Å². The molecular weight excluding hydrogens is 304 g/mol. The van der Waals surface area contributed by atoms with Gasteiger partial charge in [0, 0.05) is 37.9 Å². The topological polar surface area (TPSA) is 53.0 Å². The number of benzene rings is 2. The third-order valence-corrected chi connectivity index (χ3v) is 5.23. The number of rotatable bonds is 3. The fourth-order valence-corrected chi connectivity index (χ4v) is 3.87. The van der Waals surface area contributed by atoms with E-state index in [0.29, 0.717) is 11.6 Å². The first kappa shape index (κ1) is 15.4. The maximum atomic E-state index is 11.2. The maximum absolute atomic E-state index is 11.2. The van der Waals surface area contributed by atoms with Gasteiger partial charge in [0.05, 0.1) is 18.8 Å². The Labute approximate surface area is 141 Å². The van der Waals surface area contributed by atoms with Gasteiger partial charge in [0.25, 0.3) is 0 Å². The number of carbonyl (C=O) groups is 1. The summed E-state index contributed by atoms with van der Waals surface area (Å²) in [5.74, 6) is 0.0406. The average molecular weight is 326 g/mol. The molecule has 2 aromatic rings. The molecule has 4 rings (SSSR count). The van der Waals surface area contributed by atoms with Gasteiger partial charge in [-0.05, 0) is 35.4 Å². The molecule has 0 spiro atoms. The highest BCUT2D eigenvalue weighted by Crippen LogP contribution is 2.31. The Kier molecular flexibility index (Phi) is 4.12. The molecule has 1 N–H and O–H groups in total. The number of hydrogen-bond donors (Lipinski definition) is 1. The molecule has 2 saturated heterocycles. The molecule has 5 nitrogen and oxygen atoms in total. The van der Waals surface area contributed by atoms with Crippen LogP contribution in [0.4, 0.5) is 5.69 Å². The van der Waals surface area contributed by atoms with Crippen molar-refractivity contribution in [3.05, 3.63) is 35.9 Å². The quantitative estimate of drug-likeness (QED) is 0.877. The number of morpholine rings is 1. The Balaban J connectivity index is 1.56. The van der Waals surface area contributed by atoms with Crippen molar-refractivity contribution in [2.75, 3.05) is 44.3 Å². The summed E-state index contributed by atoms with van der Waals surface area (Å²) in [6.07, 6.45) is 1.90. The summed E-state index contributed by atoms with van der Waals surface area (Å²) in [6.45, 7) is 5.81. The minimum Gasteiger partial charge on any atom is -0.507 e. The summed E-state index contributed by atoms with van der Waals surface area (Å²) in [5.41, 5.74) is 1.55. The van der Waals surface area contributed by atoms with Crippen molar-refractivity contribution in [1.82, 2.24) is 4.90 Å². The molecule has 2 fully saturated rings. The first-order valence-electron chi connectivity index (χ1n) is 8.54. The zero-order chi connectivity index (χ0) is 16.5. The molecular formula is C19H22N2O3. The predicted molar refractivity (Wildman–Crippen MR) is 94.0 cm³/mol. The molecule has 0 amide bonds. The minimum absolute atomic E-state index is 0.0406. The van der Waals surface area contributed by atoms with E-state index in [0.717, 1.165) is 56.5 Å².